The normalized spacial score (nSPS) is 24.0. The number of anilines is 2. The van der Waals surface area contributed by atoms with Crippen LogP contribution in [-0.2, 0) is 4.79 Å². The Morgan fingerprint density at radius 1 is 1.25 bits per heavy atom. The van der Waals surface area contributed by atoms with Gasteiger partial charge in [-0.05, 0) is 50.3 Å². The van der Waals surface area contributed by atoms with Gasteiger partial charge in [0.25, 0.3) is 0 Å². The molecule has 2 aromatic heterocycles. The molecule has 10 nitrogen and oxygen atoms in total. The maximum atomic E-state index is 17.3. The summed E-state index contributed by atoms with van der Waals surface area (Å²) in [6.45, 7) is 8.15. The maximum absolute atomic E-state index is 17.3. The number of thiophene rings is 1. The molecule has 1 unspecified atom stereocenters. The molecule has 4 aliphatic rings. The molecule has 4 aliphatic heterocycles. The van der Waals surface area contributed by atoms with Crippen molar-refractivity contribution in [2.75, 3.05) is 56.6 Å². The monoisotopic (exact) mass is 693 g/mol. The second-order valence-corrected chi connectivity index (χ2v) is 14.7. The lowest BCUT2D eigenvalue weighted by atomic mass is 9.92. The minimum atomic E-state index is -0.803. The molecular weight excluding hydrogens is 660 g/mol. The Balaban J connectivity index is 1.36. The highest BCUT2D eigenvalue weighted by atomic mass is 35.5. The van der Waals surface area contributed by atoms with Gasteiger partial charge in [-0.15, -0.1) is 11.3 Å². The third kappa shape index (κ3) is 4.59. The van der Waals surface area contributed by atoms with Crippen LogP contribution in [-0.4, -0.2) is 83.2 Å². The van der Waals surface area contributed by atoms with E-state index in [-0.39, 0.29) is 77.5 Å². The first kappa shape index (κ1) is 31.3. The van der Waals surface area contributed by atoms with Crippen molar-refractivity contribution in [2.45, 2.75) is 51.1 Å². The summed E-state index contributed by atoms with van der Waals surface area (Å²) >= 11 is 7.97. The maximum Gasteiger partial charge on any atom is 0.319 e. The quantitative estimate of drug-likeness (QED) is 0.270. The Bertz CT molecular complexity index is 2050. The lowest BCUT2D eigenvalue weighted by molar-refractivity contribution is -0.134. The van der Waals surface area contributed by atoms with E-state index in [1.165, 1.54) is 12.1 Å². The molecule has 3 fully saturated rings. The smallest absolute Gasteiger partial charge is 0.319 e. The van der Waals surface area contributed by atoms with Gasteiger partial charge in [-0.25, -0.2) is 8.78 Å². The Hall–Kier alpha value is -3.99. The number of nitrogen functional groups attached to an aromatic ring is 1. The third-order valence-electron chi connectivity index (χ3n) is 10.5. The number of piperazine rings is 1. The molecule has 250 valence electrons. The van der Waals surface area contributed by atoms with Crippen molar-refractivity contribution >= 4 is 60.7 Å². The minimum Gasteiger partial charge on any atom is -0.491 e. The highest BCUT2D eigenvalue weighted by molar-refractivity contribution is 7.23. The first-order valence-electron chi connectivity index (χ1n) is 16.4. The molecule has 14 heteroatoms. The molecule has 2 N–H and O–H groups in total. The van der Waals surface area contributed by atoms with E-state index in [0.29, 0.717) is 44.4 Å². The first-order chi connectivity index (χ1) is 23.2. The predicted octanol–water partition coefficient (Wildman–Crippen LogP) is 5.97. The molecule has 0 radical (unpaired) electrons. The summed E-state index contributed by atoms with van der Waals surface area (Å²) < 4.78 is 45.1. The van der Waals surface area contributed by atoms with Gasteiger partial charge in [0.1, 0.15) is 40.9 Å². The number of aromatic nitrogens is 2. The van der Waals surface area contributed by atoms with Crippen LogP contribution in [0.25, 0.3) is 32.1 Å². The van der Waals surface area contributed by atoms with Crippen molar-refractivity contribution in [3.8, 4) is 29.0 Å². The summed E-state index contributed by atoms with van der Waals surface area (Å²) in [6, 6.07) is 4.05. The Morgan fingerprint density at radius 3 is 2.88 bits per heavy atom. The van der Waals surface area contributed by atoms with Gasteiger partial charge in [-0.2, -0.15) is 15.2 Å². The molecule has 2 aromatic carbocycles. The summed E-state index contributed by atoms with van der Waals surface area (Å²) in [5, 5.41) is 10.4. The zero-order valence-electron chi connectivity index (χ0n) is 26.6. The zero-order chi connectivity index (χ0) is 33.5. The van der Waals surface area contributed by atoms with Crippen molar-refractivity contribution in [1.29, 1.82) is 5.26 Å². The van der Waals surface area contributed by atoms with Crippen molar-refractivity contribution < 1.29 is 23.0 Å². The van der Waals surface area contributed by atoms with E-state index in [1.807, 2.05) is 17.9 Å². The van der Waals surface area contributed by atoms with E-state index >= 15 is 8.78 Å². The fraction of sp³-hybridized carbons (Fsp3) is 0.471. The molecular formula is C34H34ClF2N7O3S. The summed E-state index contributed by atoms with van der Waals surface area (Å²) in [4.78, 5) is 29.3. The lowest BCUT2D eigenvalue weighted by Gasteiger charge is -2.42. The van der Waals surface area contributed by atoms with Crippen LogP contribution in [0.4, 0.5) is 19.6 Å². The van der Waals surface area contributed by atoms with Gasteiger partial charge in [0, 0.05) is 43.5 Å². The largest absolute Gasteiger partial charge is 0.491 e. The number of benzene rings is 2. The van der Waals surface area contributed by atoms with E-state index in [1.54, 1.807) is 4.90 Å². The average molecular weight is 694 g/mol. The predicted molar refractivity (Wildman–Crippen MR) is 181 cm³/mol. The number of carbonyl (C=O) groups is 1. The van der Waals surface area contributed by atoms with Crippen LogP contribution in [0.2, 0.25) is 5.02 Å². The average Bonchev–Trinajstić information content (AvgIpc) is 3.71. The number of nitrogens with two attached hydrogens (primary N) is 1. The second kappa shape index (κ2) is 11.6. The SMILES string of the molecule is CCN1CCN2c3nc(OC[C@@]45CCCN4C[C@H](C)C5)nc4c(F)c(-c5ccc(F)c6sc(N)c(C#N)c56)c(Cl)c(c34)OCCC2C1=O. The standard InChI is InChI=1S/C34H34ClF2N7O3S/c1-3-42-10-11-44-21(32(42)45)7-12-46-28-24-27(40-33(41-31(24)44)47-16-34-8-4-9-43(34)15-17(2)13-34)26(37)23(25(28)35)18-5-6-20(36)29-22(18)19(14-38)30(39)48-29/h5-6,17,21H,3-4,7-13,15-16,39H2,1-2H3/t17-,21?,34+/m1/s1. The number of rotatable bonds is 5. The summed E-state index contributed by atoms with van der Waals surface area (Å²) in [5.41, 5.74) is 6.01. The van der Waals surface area contributed by atoms with Crippen LogP contribution >= 0.6 is 22.9 Å². The molecule has 0 bridgehead atoms. The number of fused-ring (bicyclic) bond motifs is 4. The molecule has 3 atom stereocenters. The zero-order valence-corrected chi connectivity index (χ0v) is 28.2. The summed E-state index contributed by atoms with van der Waals surface area (Å²) in [6.07, 6.45) is 3.40. The second-order valence-electron chi connectivity index (χ2n) is 13.3. The molecule has 0 spiro atoms. The fourth-order valence-corrected chi connectivity index (χ4v) is 9.65. The van der Waals surface area contributed by atoms with Gasteiger partial charge in [0.15, 0.2) is 11.6 Å². The van der Waals surface area contributed by atoms with E-state index in [9.17, 15) is 10.1 Å². The number of hydrogen-bond acceptors (Lipinski definition) is 10. The van der Waals surface area contributed by atoms with E-state index < -0.39 is 17.7 Å². The molecule has 48 heavy (non-hydrogen) atoms. The summed E-state index contributed by atoms with van der Waals surface area (Å²) in [7, 11) is 0. The van der Waals surface area contributed by atoms with Crippen LogP contribution in [0.5, 0.6) is 11.8 Å². The van der Waals surface area contributed by atoms with Crippen molar-refractivity contribution in [2.24, 2.45) is 5.92 Å². The number of nitrogens with zero attached hydrogens (tertiary/aromatic N) is 6. The molecule has 0 aliphatic carbocycles. The van der Waals surface area contributed by atoms with Gasteiger partial charge >= 0.3 is 6.01 Å². The molecule has 6 heterocycles. The van der Waals surface area contributed by atoms with Crippen LogP contribution in [0.1, 0.15) is 45.1 Å². The number of hydrogen-bond donors (Lipinski definition) is 1. The van der Waals surface area contributed by atoms with Gasteiger partial charge in [-0.1, -0.05) is 24.6 Å². The highest BCUT2D eigenvalue weighted by Crippen LogP contribution is 2.51. The number of amides is 1. The minimum absolute atomic E-state index is 0.0113. The van der Waals surface area contributed by atoms with E-state index in [0.717, 1.165) is 43.7 Å². The number of carbonyl (C=O) groups excluding carboxylic acids is 1. The topological polar surface area (TPSA) is 121 Å². The molecule has 3 saturated heterocycles. The molecule has 8 rings (SSSR count). The number of halogens is 3. The van der Waals surface area contributed by atoms with Gasteiger partial charge in [-0.3, -0.25) is 9.69 Å². The van der Waals surface area contributed by atoms with Crippen molar-refractivity contribution in [3.63, 3.8) is 0 Å². The van der Waals surface area contributed by atoms with E-state index in [2.05, 4.69) is 16.8 Å². The van der Waals surface area contributed by atoms with Crippen molar-refractivity contribution in [3.05, 3.63) is 34.4 Å². The fourth-order valence-electron chi connectivity index (χ4n) is 8.37. The van der Waals surface area contributed by atoms with Crippen LogP contribution in [0.15, 0.2) is 12.1 Å². The first-order valence-corrected chi connectivity index (χ1v) is 17.5. The van der Waals surface area contributed by atoms with Crippen LogP contribution in [0.3, 0.4) is 0 Å². The Morgan fingerprint density at radius 2 is 2.08 bits per heavy atom. The van der Waals surface area contributed by atoms with E-state index in [4.69, 9.17) is 31.8 Å². The third-order valence-corrected chi connectivity index (χ3v) is 11.9. The van der Waals surface area contributed by atoms with Gasteiger partial charge < -0.3 is 25.0 Å². The lowest BCUT2D eigenvalue weighted by Crippen LogP contribution is -2.58. The molecule has 0 saturated carbocycles. The summed E-state index contributed by atoms with van der Waals surface area (Å²) in [5.74, 6) is -0.449. The Labute approximate surface area is 285 Å². The van der Waals surface area contributed by atoms with Crippen LogP contribution < -0.4 is 20.1 Å². The van der Waals surface area contributed by atoms with Gasteiger partial charge in [0.05, 0.1) is 32.8 Å². The highest BCUT2D eigenvalue weighted by Gasteiger charge is 2.48. The van der Waals surface area contributed by atoms with Crippen LogP contribution in [0, 0.1) is 28.9 Å². The number of nitriles is 1. The molecule has 1 amide bonds. The molecule has 4 aromatic rings. The Kier molecular flexibility index (Phi) is 7.54. The number of likely N-dealkylation sites (N-methyl/N-ethyl adjacent to an activating group) is 1. The van der Waals surface area contributed by atoms with Crippen molar-refractivity contribution in [1.82, 2.24) is 19.8 Å². The number of ether oxygens (including phenoxy) is 2. The van der Waals surface area contributed by atoms with Gasteiger partial charge in [0.2, 0.25) is 5.91 Å².